The fraction of sp³-hybridized carbons (Fsp3) is 0.167. The highest BCUT2D eigenvalue weighted by Crippen LogP contribution is 2.49. The molecule has 0 radical (unpaired) electrons. The lowest BCUT2D eigenvalue weighted by Crippen LogP contribution is -2.09. The highest BCUT2D eigenvalue weighted by Gasteiger charge is 2.43. The van der Waals surface area contributed by atoms with Crippen molar-refractivity contribution in [2.45, 2.75) is 19.3 Å². The van der Waals surface area contributed by atoms with E-state index in [2.05, 4.69) is 21.1 Å². The second-order valence-electron chi connectivity index (χ2n) is 7.23. The Balaban J connectivity index is 1.58. The fourth-order valence-electron chi connectivity index (χ4n) is 3.36. The molecule has 0 aromatic heterocycles. The average molecular weight is 469 g/mol. The number of hydrogen-bond acceptors (Lipinski definition) is 3. The summed E-state index contributed by atoms with van der Waals surface area (Å²) in [7, 11) is 0. The zero-order valence-corrected chi connectivity index (χ0v) is 18.2. The van der Waals surface area contributed by atoms with Crippen LogP contribution in [0, 0.1) is 12.8 Å². The first kappa shape index (κ1) is 19.9. The molecule has 1 fully saturated rings. The second-order valence-corrected chi connectivity index (χ2v) is 8.58. The van der Waals surface area contributed by atoms with Gasteiger partial charge in [0.15, 0.2) is 0 Å². The first-order valence-corrected chi connectivity index (χ1v) is 10.6. The van der Waals surface area contributed by atoms with Crippen LogP contribution in [0.15, 0.2) is 82.4 Å². The summed E-state index contributed by atoms with van der Waals surface area (Å²) in [5, 5.41) is 5.03. The van der Waals surface area contributed by atoms with Crippen LogP contribution in [0.3, 0.4) is 0 Å². The standard InChI is InChI=1S/C24H19BrClNO2/c1-15-2-4-18(5-3-15)24(28)29-27-23(17-6-10-19(25)11-7-17)22-14-21(22)16-8-12-20(26)13-9-16/h2-13,21-22H,14H2,1H3/b27-23-/t21-,22+/m0/s1. The van der Waals surface area contributed by atoms with Gasteiger partial charge in [0.1, 0.15) is 0 Å². The van der Waals surface area contributed by atoms with Crippen LogP contribution in [-0.2, 0) is 4.84 Å². The highest BCUT2D eigenvalue weighted by atomic mass is 79.9. The molecule has 3 aromatic carbocycles. The van der Waals surface area contributed by atoms with Crippen LogP contribution < -0.4 is 0 Å². The van der Waals surface area contributed by atoms with Crippen LogP contribution in [0.2, 0.25) is 5.02 Å². The van der Waals surface area contributed by atoms with Crippen molar-refractivity contribution in [1.29, 1.82) is 0 Å². The van der Waals surface area contributed by atoms with Gasteiger partial charge in [0, 0.05) is 15.4 Å². The van der Waals surface area contributed by atoms with E-state index in [0.29, 0.717) is 11.5 Å². The Hall–Kier alpha value is -2.43. The lowest BCUT2D eigenvalue weighted by molar-refractivity contribution is 0.0515. The fourth-order valence-corrected chi connectivity index (χ4v) is 3.75. The van der Waals surface area contributed by atoms with Crippen molar-refractivity contribution in [3.05, 3.63) is 105 Å². The predicted molar refractivity (Wildman–Crippen MR) is 120 cm³/mol. The van der Waals surface area contributed by atoms with Gasteiger partial charge in [0.2, 0.25) is 0 Å². The van der Waals surface area contributed by atoms with Gasteiger partial charge in [0.05, 0.1) is 11.3 Å². The van der Waals surface area contributed by atoms with E-state index in [1.54, 1.807) is 12.1 Å². The van der Waals surface area contributed by atoms with E-state index in [0.717, 1.165) is 32.8 Å². The molecule has 0 aliphatic heterocycles. The van der Waals surface area contributed by atoms with Gasteiger partial charge >= 0.3 is 5.97 Å². The third kappa shape index (κ3) is 4.77. The van der Waals surface area contributed by atoms with Crippen molar-refractivity contribution >= 4 is 39.2 Å². The summed E-state index contributed by atoms with van der Waals surface area (Å²) in [6.45, 7) is 1.98. The van der Waals surface area contributed by atoms with E-state index in [9.17, 15) is 4.79 Å². The van der Waals surface area contributed by atoms with Crippen LogP contribution in [0.5, 0.6) is 0 Å². The SMILES string of the molecule is Cc1ccc(C(=O)O/N=C(/c2ccc(Br)cc2)[C@@H]2C[C@H]2c2ccc(Cl)cc2)cc1. The predicted octanol–water partition coefficient (Wildman–Crippen LogP) is 6.78. The minimum atomic E-state index is -0.455. The number of hydrogen-bond donors (Lipinski definition) is 0. The summed E-state index contributed by atoms with van der Waals surface area (Å²) in [5.74, 6) is 0.0826. The minimum absolute atomic E-state index is 0.197. The summed E-state index contributed by atoms with van der Waals surface area (Å²) in [5.41, 5.74) is 4.53. The number of carbonyl (C=O) groups excluding carboxylic acids is 1. The van der Waals surface area contributed by atoms with E-state index in [-0.39, 0.29) is 5.92 Å². The summed E-state index contributed by atoms with van der Waals surface area (Å²) < 4.78 is 0.988. The molecule has 5 heteroatoms. The van der Waals surface area contributed by atoms with Gasteiger partial charge in [-0.3, -0.25) is 0 Å². The van der Waals surface area contributed by atoms with E-state index >= 15 is 0 Å². The van der Waals surface area contributed by atoms with Gasteiger partial charge in [-0.05, 0) is 66.8 Å². The van der Waals surface area contributed by atoms with Crippen molar-refractivity contribution in [3.63, 3.8) is 0 Å². The third-order valence-electron chi connectivity index (χ3n) is 5.09. The molecule has 2 atom stereocenters. The number of nitrogens with zero attached hydrogens (tertiary/aromatic N) is 1. The molecule has 3 nitrogen and oxygen atoms in total. The first-order valence-electron chi connectivity index (χ1n) is 9.38. The van der Waals surface area contributed by atoms with Crippen molar-refractivity contribution in [1.82, 2.24) is 0 Å². The van der Waals surface area contributed by atoms with Crippen LogP contribution in [0.25, 0.3) is 0 Å². The van der Waals surface area contributed by atoms with Crippen molar-refractivity contribution in [2.75, 3.05) is 0 Å². The van der Waals surface area contributed by atoms with Gasteiger partial charge < -0.3 is 4.84 Å². The van der Waals surface area contributed by atoms with Gasteiger partial charge in [-0.1, -0.05) is 74.6 Å². The molecule has 1 aliphatic carbocycles. The molecule has 0 heterocycles. The van der Waals surface area contributed by atoms with Gasteiger partial charge in [-0.2, -0.15) is 0 Å². The van der Waals surface area contributed by atoms with Crippen molar-refractivity contribution in [2.24, 2.45) is 11.1 Å². The lowest BCUT2D eigenvalue weighted by Gasteiger charge is -2.07. The maximum atomic E-state index is 12.4. The molecule has 0 bridgehead atoms. The maximum absolute atomic E-state index is 12.4. The average Bonchev–Trinajstić information content (AvgIpc) is 3.51. The Bertz CT molecular complexity index is 1040. The van der Waals surface area contributed by atoms with Crippen LogP contribution >= 0.6 is 27.5 Å². The van der Waals surface area contributed by atoms with Crippen molar-refractivity contribution in [3.8, 4) is 0 Å². The Morgan fingerprint density at radius 2 is 1.59 bits per heavy atom. The highest BCUT2D eigenvalue weighted by molar-refractivity contribution is 9.10. The molecule has 29 heavy (non-hydrogen) atoms. The monoisotopic (exact) mass is 467 g/mol. The molecule has 0 spiro atoms. The zero-order valence-electron chi connectivity index (χ0n) is 15.8. The summed E-state index contributed by atoms with van der Waals surface area (Å²) >= 11 is 9.48. The quantitative estimate of drug-likeness (QED) is 0.235. The number of benzene rings is 3. The molecule has 0 N–H and O–H groups in total. The second kappa shape index (κ2) is 8.52. The number of aryl methyl sites for hydroxylation is 1. The van der Waals surface area contributed by atoms with Gasteiger partial charge in [-0.25, -0.2) is 4.79 Å². The maximum Gasteiger partial charge on any atom is 0.365 e. The molecule has 0 amide bonds. The van der Waals surface area contributed by atoms with E-state index in [1.165, 1.54) is 5.56 Å². The Morgan fingerprint density at radius 3 is 2.24 bits per heavy atom. The molecule has 1 saturated carbocycles. The molecular formula is C24H19BrClNO2. The molecular weight excluding hydrogens is 450 g/mol. The normalized spacial score (nSPS) is 18.4. The molecule has 0 unspecified atom stereocenters. The molecule has 4 rings (SSSR count). The Kier molecular flexibility index (Phi) is 5.84. The Morgan fingerprint density at radius 1 is 0.966 bits per heavy atom. The van der Waals surface area contributed by atoms with Gasteiger partial charge in [0.25, 0.3) is 0 Å². The third-order valence-corrected chi connectivity index (χ3v) is 5.87. The topological polar surface area (TPSA) is 38.7 Å². The number of oxime groups is 1. The number of rotatable bonds is 5. The van der Waals surface area contributed by atoms with E-state index < -0.39 is 5.97 Å². The van der Waals surface area contributed by atoms with Crippen LogP contribution in [-0.4, -0.2) is 11.7 Å². The largest absolute Gasteiger partial charge is 0.365 e. The Labute approximate surface area is 183 Å². The smallest absolute Gasteiger partial charge is 0.313 e. The number of halogens is 2. The van der Waals surface area contributed by atoms with Crippen LogP contribution in [0.1, 0.15) is 39.4 Å². The summed E-state index contributed by atoms with van der Waals surface area (Å²) in [6.07, 6.45) is 0.957. The minimum Gasteiger partial charge on any atom is -0.313 e. The number of carbonyl (C=O) groups is 1. The van der Waals surface area contributed by atoms with Crippen LogP contribution in [0.4, 0.5) is 0 Å². The summed E-state index contributed by atoms with van der Waals surface area (Å²) in [6, 6.07) is 23.1. The molecule has 0 saturated heterocycles. The molecule has 146 valence electrons. The first-order chi connectivity index (χ1) is 14.0. The zero-order chi connectivity index (χ0) is 20.4. The van der Waals surface area contributed by atoms with Crippen molar-refractivity contribution < 1.29 is 9.63 Å². The summed E-state index contributed by atoms with van der Waals surface area (Å²) in [4.78, 5) is 17.8. The lowest BCUT2D eigenvalue weighted by atomic mass is 10.0. The van der Waals surface area contributed by atoms with E-state index in [4.69, 9.17) is 16.4 Å². The molecule has 3 aromatic rings. The molecule has 1 aliphatic rings. The van der Waals surface area contributed by atoms with Gasteiger partial charge in [-0.15, -0.1) is 0 Å². The van der Waals surface area contributed by atoms with E-state index in [1.807, 2.05) is 67.6 Å².